The lowest BCUT2D eigenvalue weighted by atomic mass is 9.97. The molecule has 0 saturated carbocycles. The normalized spacial score (nSPS) is 21.3. The van der Waals surface area contributed by atoms with E-state index >= 15 is 0 Å². The third-order valence-electron chi connectivity index (χ3n) is 5.17. The van der Waals surface area contributed by atoms with Crippen molar-refractivity contribution >= 4 is 17.4 Å². The second-order valence-electron chi connectivity index (χ2n) is 6.73. The highest BCUT2D eigenvalue weighted by Crippen LogP contribution is 2.37. The van der Waals surface area contributed by atoms with Crippen molar-refractivity contribution in [3.63, 3.8) is 0 Å². The van der Waals surface area contributed by atoms with Crippen LogP contribution in [0, 0.1) is 6.92 Å². The van der Waals surface area contributed by atoms with E-state index in [2.05, 4.69) is 29.4 Å². The Morgan fingerprint density at radius 2 is 2.17 bits per heavy atom. The summed E-state index contributed by atoms with van der Waals surface area (Å²) in [6, 6.07) is 6.62. The monoisotopic (exact) mass is 330 g/mol. The molecule has 1 saturated heterocycles. The van der Waals surface area contributed by atoms with Crippen LogP contribution in [-0.4, -0.2) is 34.8 Å². The Morgan fingerprint density at radius 3 is 2.96 bits per heavy atom. The van der Waals surface area contributed by atoms with E-state index in [1.165, 1.54) is 30.5 Å². The van der Waals surface area contributed by atoms with Crippen molar-refractivity contribution in [1.29, 1.82) is 0 Å². The molecule has 1 unspecified atom stereocenters. The van der Waals surface area contributed by atoms with E-state index in [0.717, 1.165) is 41.6 Å². The fourth-order valence-corrected chi connectivity index (χ4v) is 3.96. The average molecular weight is 331 g/mol. The second-order valence-corrected chi connectivity index (χ2v) is 7.13. The lowest BCUT2D eigenvalue weighted by Crippen LogP contribution is -2.30. The number of likely N-dealkylation sites (tertiary alicyclic amines) is 1. The number of piperidine rings is 1. The molecule has 0 amide bonds. The van der Waals surface area contributed by atoms with Crippen LogP contribution in [0.15, 0.2) is 18.2 Å². The SMILES string of the molecule is Cc1ccc(-n2nc(C3CCCCN3C)c3c2NCC3)cc1Cl. The van der Waals surface area contributed by atoms with Crippen molar-refractivity contribution in [2.45, 2.75) is 38.6 Å². The summed E-state index contributed by atoms with van der Waals surface area (Å²) >= 11 is 6.32. The summed E-state index contributed by atoms with van der Waals surface area (Å²) in [5.41, 5.74) is 4.78. The molecule has 4 nitrogen and oxygen atoms in total. The van der Waals surface area contributed by atoms with Gasteiger partial charge in [-0.05, 0) is 57.5 Å². The predicted octanol–water partition coefficient (Wildman–Crippen LogP) is 3.96. The van der Waals surface area contributed by atoms with Gasteiger partial charge in [-0.3, -0.25) is 4.90 Å². The molecule has 4 rings (SSSR count). The van der Waals surface area contributed by atoms with Gasteiger partial charge in [-0.2, -0.15) is 5.10 Å². The van der Waals surface area contributed by atoms with Gasteiger partial charge in [-0.25, -0.2) is 4.68 Å². The number of fused-ring (bicyclic) bond motifs is 1. The number of aryl methyl sites for hydroxylation is 1. The molecule has 2 aliphatic heterocycles. The molecule has 0 spiro atoms. The van der Waals surface area contributed by atoms with Gasteiger partial charge in [-0.1, -0.05) is 24.1 Å². The van der Waals surface area contributed by atoms with Crippen LogP contribution < -0.4 is 5.32 Å². The van der Waals surface area contributed by atoms with Crippen LogP contribution in [0.25, 0.3) is 5.69 Å². The zero-order valence-electron chi connectivity index (χ0n) is 13.8. The van der Waals surface area contributed by atoms with Crippen LogP contribution in [0.4, 0.5) is 5.82 Å². The van der Waals surface area contributed by atoms with Crippen LogP contribution >= 0.6 is 11.6 Å². The fourth-order valence-electron chi connectivity index (χ4n) is 3.79. The largest absolute Gasteiger partial charge is 0.369 e. The molecule has 0 aliphatic carbocycles. The minimum Gasteiger partial charge on any atom is -0.369 e. The summed E-state index contributed by atoms with van der Waals surface area (Å²) in [5, 5.41) is 9.31. The third kappa shape index (κ3) is 2.54. The van der Waals surface area contributed by atoms with Crippen molar-refractivity contribution in [3.8, 4) is 5.69 Å². The van der Waals surface area contributed by atoms with E-state index in [0.29, 0.717) is 6.04 Å². The highest BCUT2D eigenvalue weighted by Gasteiger charge is 2.31. The maximum absolute atomic E-state index is 6.32. The van der Waals surface area contributed by atoms with Gasteiger partial charge in [0.15, 0.2) is 0 Å². The number of hydrogen-bond acceptors (Lipinski definition) is 3. The van der Waals surface area contributed by atoms with Crippen LogP contribution in [-0.2, 0) is 6.42 Å². The quantitative estimate of drug-likeness (QED) is 0.904. The summed E-state index contributed by atoms with van der Waals surface area (Å²) in [6.07, 6.45) is 4.85. The van der Waals surface area contributed by atoms with E-state index in [4.69, 9.17) is 16.7 Å². The highest BCUT2D eigenvalue weighted by atomic mass is 35.5. The number of anilines is 1. The van der Waals surface area contributed by atoms with E-state index in [1.54, 1.807) is 0 Å². The maximum Gasteiger partial charge on any atom is 0.133 e. The Bertz CT molecular complexity index is 737. The van der Waals surface area contributed by atoms with Crippen molar-refractivity contribution < 1.29 is 0 Å². The van der Waals surface area contributed by atoms with Gasteiger partial charge in [0.25, 0.3) is 0 Å². The summed E-state index contributed by atoms with van der Waals surface area (Å²) in [5.74, 6) is 1.15. The second kappa shape index (κ2) is 5.84. The summed E-state index contributed by atoms with van der Waals surface area (Å²) < 4.78 is 2.05. The molecule has 1 aromatic heterocycles. The Kier molecular flexibility index (Phi) is 3.82. The number of nitrogens with one attached hydrogen (secondary N) is 1. The number of hydrogen-bond donors (Lipinski definition) is 1. The minimum atomic E-state index is 0.444. The van der Waals surface area contributed by atoms with E-state index in [9.17, 15) is 0 Å². The van der Waals surface area contributed by atoms with E-state index in [1.807, 2.05) is 17.7 Å². The molecule has 1 atom stereocenters. The standard InChI is InChI=1S/C18H23ClN4/c1-12-6-7-13(11-15(12)19)23-18-14(8-9-20-18)17(21-23)16-5-3-4-10-22(16)2/h6-7,11,16,20H,3-5,8-10H2,1-2H3. The molecule has 3 heterocycles. The molecule has 122 valence electrons. The van der Waals surface area contributed by atoms with Gasteiger partial charge in [0.2, 0.25) is 0 Å². The Morgan fingerprint density at radius 1 is 1.30 bits per heavy atom. The van der Waals surface area contributed by atoms with Gasteiger partial charge < -0.3 is 5.32 Å². The highest BCUT2D eigenvalue weighted by molar-refractivity contribution is 6.31. The Balaban J connectivity index is 1.79. The molecule has 1 aromatic carbocycles. The lowest BCUT2D eigenvalue weighted by Gasteiger charge is -2.31. The van der Waals surface area contributed by atoms with Crippen LogP contribution in [0.2, 0.25) is 5.02 Å². The number of nitrogens with zero attached hydrogens (tertiary/aromatic N) is 3. The van der Waals surface area contributed by atoms with Crippen molar-refractivity contribution in [3.05, 3.63) is 40.0 Å². The third-order valence-corrected chi connectivity index (χ3v) is 5.58. The molecule has 1 fully saturated rings. The smallest absolute Gasteiger partial charge is 0.133 e. The van der Waals surface area contributed by atoms with Crippen LogP contribution in [0.1, 0.15) is 42.1 Å². The zero-order chi connectivity index (χ0) is 16.0. The first-order valence-corrected chi connectivity index (χ1v) is 8.85. The van der Waals surface area contributed by atoms with Crippen molar-refractivity contribution in [1.82, 2.24) is 14.7 Å². The molecule has 1 N–H and O–H groups in total. The fraction of sp³-hybridized carbons (Fsp3) is 0.500. The lowest BCUT2D eigenvalue weighted by molar-refractivity contribution is 0.182. The first-order chi connectivity index (χ1) is 11.1. The van der Waals surface area contributed by atoms with Gasteiger partial charge in [0, 0.05) is 17.1 Å². The molecule has 23 heavy (non-hydrogen) atoms. The van der Waals surface area contributed by atoms with Crippen LogP contribution in [0.5, 0.6) is 0 Å². The summed E-state index contributed by atoms with van der Waals surface area (Å²) in [6.45, 7) is 4.19. The van der Waals surface area contributed by atoms with Crippen molar-refractivity contribution in [2.75, 3.05) is 25.5 Å². The number of rotatable bonds is 2. The summed E-state index contributed by atoms with van der Waals surface area (Å²) in [7, 11) is 2.22. The summed E-state index contributed by atoms with van der Waals surface area (Å²) in [4.78, 5) is 2.46. The number of benzene rings is 1. The molecule has 2 aromatic rings. The number of aromatic nitrogens is 2. The molecule has 0 radical (unpaired) electrons. The molecular weight excluding hydrogens is 308 g/mol. The number of halogens is 1. The van der Waals surface area contributed by atoms with E-state index in [-0.39, 0.29) is 0 Å². The zero-order valence-corrected chi connectivity index (χ0v) is 14.5. The minimum absolute atomic E-state index is 0.444. The van der Waals surface area contributed by atoms with Crippen LogP contribution in [0.3, 0.4) is 0 Å². The molecule has 2 aliphatic rings. The van der Waals surface area contributed by atoms with Gasteiger partial charge in [0.05, 0.1) is 17.4 Å². The first-order valence-electron chi connectivity index (χ1n) is 8.47. The molecular formula is C18H23ClN4. The molecule has 0 bridgehead atoms. The maximum atomic E-state index is 6.32. The average Bonchev–Trinajstić information content (AvgIpc) is 3.13. The predicted molar refractivity (Wildman–Crippen MR) is 94.7 cm³/mol. The van der Waals surface area contributed by atoms with Gasteiger partial charge in [-0.15, -0.1) is 0 Å². The Labute approximate surface area is 142 Å². The first kappa shape index (κ1) is 15.0. The van der Waals surface area contributed by atoms with Crippen molar-refractivity contribution in [2.24, 2.45) is 0 Å². The Hall–Kier alpha value is -1.52. The van der Waals surface area contributed by atoms with Gasteiger partial charge >= 0.3 is 0 Å². The topological polar surface area (TPSA) is 33.1 Å². The molecule has 5 heteroatoms. The van der Waals surface area contributed by atoms with Gasteiger partial charge in [0.1, 0.15) is 5.82 Å². The van der Waals surface area contributed by atoms with E-state index < -0.39 is 0 Å².